The summed E-state index contributed by atoms with van der Waals surface area (Å²) in [6.07, 6.45) is -1.85. The minimum absolute atomic E-state index is 0.284. The van der Waals surface area contributed by atoms with E-state index in [4.69, 9.17) is 0 Å². The van der Waals surface area contributed by atoms with Crippen LogP contribution in [0, 0.1) is 0 Å². The summed E-state index contributed by atoms with van der Waals surface area (Å²) in [6, 6.07) is 9.00. The van der Waals surface area contributed by atoms with Gasteiger partial charge in [-0.25, -0.2) is 4.98 Å². The molecular weight excluding hydrogens is 293 g/mol. The van der Waals surface area contributed by atoms with Gasteiger partial charge in [0.05, 0.1) is 11.4 Å². The highest BCUT2D eigenvalue weighted by atomic mass is 19.4. The summed E-state index contributed by atoms with van der Waals surface area (Å²) in [5.41, 5.74) is -0.965. The van der Waals surface area contributed by atoms with Crippen molar-refractivity contribution in [1.82, 2.24) is 9.97 Å². The maximum atomic E-state index is 12.9. The van der Waals surface area contributed by atoms with Crippen molar-refractivity contribution in [3.05, 3.63) is 59.7 Å². The number of aromatic nitrogens is 2. The molecule has 2 aromatic heterocycles. The van der Waals surface area contributed by atoms with Crippen LogP contribution in [-0.4, -0.2) is 15.1 Å². The van der Waals surface area contributed by atoms with E-state index in [-0.39, 0.29) is 5.69 Å². The summed E-state index contributed by atoms with van der Waals surface area (Å²) in [6.45, 7) is 0. The molecule has 1 aliphatic rings. The summed E-state index contributed by atoms with van der Waals surface area (Å²) in [5.74, 6) is 0. The molecule has 0 radical (unpaired) electrons. The van der Waals surface area contributed by atoms with Crippen LogP contribution in [0.4, 0.5) is 13.2 Å². The van der Waals surface area contributed by atoms with Crippen LogP contribution in [0.2, 0.25) is 0 Å². The molecule has 0 aromatic carbocycles. The molecule has 2 heterocycles. The number of rotatable bonds is 3. The van der Waals surface area contributed by atoms with Crippen LogP contribution in [0.1, 0.15) is 42.4 Å². The van der Waals surface area contributed by atoms with E-state index in [0.29, 0.717) is 18.5 Å². The van der Waals surface area contributed by atoms with Crippen molar-refractivity contribution < 1.29 is 18.3 Å². The molecule has 0 saturated heterocycles. The first-order valence-corrected chi connectivity index (χ1v) is 7.07. The number of halogens is 3. The molecular formula is C16H15F3N2O. The second-order valence-electron chi connectivity index (χ2n) is 5.57. The molecule has 3 nitrogen and oxygen atoms in total. The van der Waals surface area contributed by atoms with Crippen molar-refractivity contribution in [3.8, 4) is 0 Å². The highest BCUT2D eigenvalue weighted by Crippen LogP contribution is 2.51. The number of aliphatic hydroxyl groups is 1. The van der Waals surface area contributed by atoms with E-state index in [9.17, 15) is 18.3 Å². The highest BCUT2D eigenvalue weighted by Gasteiger charge is 2.48. The van der Waals surface area contributed by atoms with E-state index in [1.54, 1.807) is 30.5 Å². The van der Waals surface area contributed by atoms with Gasteiger partial charge in [0, 0.05) is 11.6 Å². The van der Waals surface area contributed by atoms with Crippen LogP contribution in [0.3, 0.4) is 0 Å². The number of pyridine rings is 2. The Balaban J connectivity index is 2.00. The van der Waals surface area contributed by atoms with Gasteiger partial charge in [-0.1, -0.05) is 18.6 Å². The Hall–Kier alpha value is -1.95. The SMILES string of the molecule is OC(c1ccccn1)C1(c2cccc(C(F)(F)F)n2)CCC1. The average molecular weight is 308 g/mol. The number of hydrogen-bond donors (Lipinski definition) is 1. The largest absolute Gasteiger partial charge is 0.433 e. The number of alkyl halides is 3. The zero-order valence-electron chi connectivity index (χ0n) is 11.7. The highest BCUT2D eigenvalue weighted by molar-refractivity contribution is 5.29. The second-order valence-corrected chi connectivity index (χ2v) is 5.57. The molecule has 2 aromatic rings. The van der Waals surface area contributed by atoms with E-state index < -0.39 is 23.4 Å². The van der Waals surface area contributed by atoms with Crippen LogP contribution < -0.4 is 0 Å². The molecule has 0 bridgehead atoms. The van der Waals surface area contributed by atoms with Gasteiger partial charge < -0.3 is 5.11 Å². The van der Waals surface area contributed by atoms with Gasteiger partial charge in [0.2, 0.25) is 0 Å². The van der Waals surface area contributed by atoms with Gasteiger partial charge in [-0.15, -0.1) is 0 Å². The zero-order chi connectivity index (χ0) is 15.8. The van der Waals surface area contributed by atoms with E-state index in [1.807, 2.05) is 0 Å². The van der Waals surface area contributed by atoms with E-state index in [0.717, 1.165) is 12.5 Å². The van der Waals surface area contributed by atoms with Gasteiger partial charge in [0.25, 0.3) is 0 Å². The molecule has 1 N–H and O–H groups in total. The fourth-order valence-electron chi connectivity index (χ4n) is 2.92. The lowest BCUT2D eigenvalue weighted by atomic mass is 9.62. The van der Waals surface area contributed by atoms with Crippen LogP contribution >= 0.6 is 0 Å². The average Bonchev–Trinajstić information content (AvgIpc) is 2.46. The molecule has 0 aliphatic heterocycles. The smallest absolute Gasteiger partial charge is 0.386 e. The second kappa shape index (κ2) is 5.35. The molecule has 116 valence electrons. The van der Waals surface area contributed by atoms with Gasteiger partial charge in [-0.3, -0.25) is 4.98 Å². The van der Waals surface area contributed by atoms with E-state index >= 15 is 0 Å². The normalized spacial score (nSPS) is 18.5. The van der Waals surface area contributed by atoms with Gasteiger partial charge in [-0.2, -0.15) is 13.2 Å². The molecule has 1 fully saturated rings. The van der Waals surface area contributed by atoms with E-state index in [1.165, 1.54) is 6.07 Å². The summed E-state index contributed by atoms with van der Waals surface area (Å²) >= 11 is 0. The van der Waals surface area contributed by atoms with Crippen molar-refractivity contribution in [2.45, 2.75) is 37.0 Å². The first-order valence-electron chi connectivity index (χ1n) is 7.07. The minimum Gasteiger partial charge on any atom is -0.386 e. The molecule has 1 saturated carbocycles. The van der Waals surface area contributed by atoms with E-state index in [2.05, 4.69) is 9.97 Å². The Bertz CT molecular complexity index is 654. The number of hydrogen-bond acceptors (Lipinski definition) is 3. The van der Waals surface area contributed by atoms with Gasteiger partial charge in [0.15, 0.2) is 0 Å². The summed E-state index contributed by atoms with van der Waals surface area (Å²) < 4.78 is 38.6. The first kappa shape index (κ1) is 15.0. The molecule has 22 heavy (non-hydrogen) atoms. The van der Waals surface area contributed by atoms with Crippen LogP contribution in [0.15, 0.2) is 42.6 Å². The molecule has 1 unspecified atom stereocenters. The van der Waals surface area contributed by atoms with Gasteiger partial charge >= 0.3 is 6.18 Å². The van der Waals surface area contributed by atoms with Crippen LogP contribution in [0.5, 0.6) is 0 Å². The predicted molar refractivity (Wildman–Crippen MR) is 74.0 cm³/mol. The standard InChI is InChI=1S/C16H15F3N2O/c17-16(18,19)13-7-3-6-12(21-13)15(8-4-9-15)14(22)11-5-1-2-10-20-11/h1-3,5-7,10,14,22H,4,8-9H2. The van der Waals surface area contributed by atoms with Crippen LogP contribution in [0.25, 0.3) is 0 Å². The number of nitrogens with zero attached hydrogens (tertiary/aromatic N) is 2. The summed E-state index contributed by atoms with van der Waals surface area (Å²) in [5, 5.41) is 10.7. The lowest BCUT2D eigenvalue weighted by molar-refractivity contribution is -0.141. The lowest BCUT2D eigenvalue weighted by Gasteiger charge is -2.44. The molecule has 1 atom stereocenters. The third kappa shape index (κ3) is 2.47. The molecule has 0 spiro atoms. The van der Waals surface area contributed by atoms with Gasteiger partial charge in [0.1, 0.15) is 11.8 Å². The van der Waals surface area contributed by atoms with Crippen molar-refractivity contribution in [2.24, 2.45) is 0 Å². The minimum atomic E-state index is -4.49. The quantitative estimate of drug-likeness (QED) is 0.941. The third-order valence-corrected chi connectivity index (χ3v) is 4.29. The fourth-order valence-corrected chi connectivity index (χ4v) is 2.92. The Morgan fingerprint density at radius 1 is 1.09 bits per heavy atom. The van der Waals surface area contributed by atoms with Crippen molar-refractivity contribution in [2.75, 3.05) is 0 Å². The monoisotopic (exact) mass is 308 g/mol. The maximum absolute atomic E-state index is 12.9. The lowest BCUT2D eigenvalue weighted by Crippen LogP contribution is -2.42. The Morgan fingerprint density at radius 2 is 1.86 bits per heavy atom. The zero-order valence-corrected chi connectivity index (χ0v) is 11.7. The molecule has 3 rings (SSSR count). The van der Waals surface area contributed by atoms with Crippen molar-refractivity contribution in [1.29, 1.82) is 0 Å². The van der Waals surface area contributed by atoms with Crippen molar-refractivity contribution >= 4 is 0 Å². The number of aliphatic hydroxyl groups excluding tert-OH is 1. The topological polar surface area (TPSA) is 46.0 Å². The van der Waals surface area contributed by atoms with Crippen LogP contribution in [-0.2, 0) is 11.6 Å². The third-order valence-electron chi connectivity index (χ3n) is 4.29. The Kier molecular flexibility index (Phi) is 3.64. The fraction of sp³-hybridized carbons (Fsp3) is 0.375. The predicted octanol–water partition coefficient (Wildman–Crippen LogP) is 3.65. The van der Waals surface area contributed by atoms with Gasteiger partial charge in [-0.05, 0) is 37.1 Å². The Labute approximate surface area is 125 Å². The Morgan fingerprint density at radius 3 is 2.41 bits per heavy atom. The molecule has 0 amide bonds. The maximum Gasteiger partial charge on any atom is 0.433 e. The summed E-state index contributed by atoms with van der Waals surface area (Å²) in [4.78, 5) is 7.90. The molecule has 1 aliphatic carbocycles. The summed E-state index contributed by atoms with van der Waals surface area (Å²) in [7, 11) is 0. The molecule has 6 heteroatoms. The first-order chi connectivity index (χ1) is 10.4. The van der Waals surface area contributed by atoms with Crippen molar-refractivity contribution in [3.63, 3.8) is 0 Å².